The highest BCUT2D eigenvalue weighted by Crippen LogP contribution is 2.23. The van der Waals surface area contributed by atoms with Gasteiger partial charge in [0.25, 0.3) is 0 Å². The molecule has 1 nitrogen and oxygen atoms in total. The van der Waals surface area contributed by atoms with Crippen LogP contribution >= 0.6 is 11.8 Å². The van der Waals surface area contributed by atoms with E-state index in [1.165, 1.54) is 17.7 Å². The highest BCUT2D eigenvalue weighted by atomic mass is 32.2. The Morgan fingerprint density at radius 1 is 1.33 bits per heavy atom. The zero-order chi connectivity index (χ0) is 11.1. The molecule has 1 aromatic carbocycles. The van der Waals surface area contributed by atoms with E-state index >= 15 is 0 Å². The molecule has 2 heteroatoms. The largest absolute Gasteiger partial charge is 0.388 e. The highest BCUT2D eigenvalue weighted by Gasteiger charge is 2.06. The summed E-state index contributed by atoms with van der Waals surface area (Å²) in [5.41, 5.74) is 1.05. The Kier molecular flexibility index (Phi) is 5.81. The molecule has 1 atom stereocenters. The maximum atomic E-state index is 9.96. The number of hydrogen-bond acceptors (Lipinski definition) is 2. The van der Waals surface area contributed by atoms with E-state index in [0.717, 1.165) is 18.4 Å². The maximum Gasteiger partial charge on any atom is 0.0790 e. The van der Waals surface area contributed by atoms with Gasteiger partial charge in [-0.2, -0.15) is 0 Å². The van der Waals surface area contributed by atoms with E-state index < -0.39 is 0 Å². The zero-order valence-corrected chi connectivity index (χ0v) is 10.4. The molecule has 0 aliphatic rings. The topological polar surface area (TPSA) is 20.2 Å². The minimum atomic E-state index is -0.288. The molecule has 15 heavy (non-hydrogen) atoms. The van der Waals surface area contributed by atoms with Gasteiger partial charge in [0.15, 0.2) is 0 Å². The molecule has 0 heterocycles. The smallest absolute Gasteiger partial charge is 0.0790 e. The van der Waals surface area contributed by atoms with E-state index in [4.69, 9.17) is 0 Å². The molecule has 1 aromatic rings. The van der Waals surface area contributed by atoms with Gasteiger partial charge < -0.3 is 5.11 Å². The predicted octanol–water partition coefficient (Wildman–Crippen LogP) is 4.02. The van der Waals surface area contributed by atoms with Crippen LogP contribution in [-0.4, -0.2) is 11.4 Å². The third-order valence-electron chi connectivity index (χ3n) is 2.56. The fourth-order valence-electron chi connectivity index (χ4n) is 1.60. The van der Waals surface area contributed by atoms with Gasteiger partial charge in [0.1, 0.15) is 0 Å². The quantitative estimate of drug-likeness (QED) is 0.581. The molecular weight excluding hydrogens is 204 g/mol. The lowest BCUT2D eigenvalue weighted by Gasteiger charge is -2.11. The molecule has 0 aromatic heterocycles. The van der Waals surface area contributed by atoms with E-state index in [-0.39, 0.29) is 6.10 Å². The van der Waals surface area contributed by atoms with Gasteiger partial charge in [-0.1, -0.05) is 38.3 Å². The summed E-state index contributed by atoms with van der Waals surface area (Å²) in [6.07, 6.45) is 6.18. The van der Waals surface area contributed by atoms with Crippen molar-refractivity contribution >= 4 is 11.8 Å². The summed E-state index contributed by atoms with van der Waals surface area (Å²) in [5.74, 6) is 0. The summed E-state index contributed by atoms with van der Waals surface area (Å²) in [7, 11) is 0. The predicted molar refractivity (Wildman–Crippen MR) is 67.3 cm³/mol. The van der Waals surface area contributed by atoms with Gasteiger partial charge in [0, 0.05) is 4.90 Å². The minimum Gasteiger partial charge on any atom is -0.388 e. The summed E-state index contributed by atoms with van der Waals surface area (Å²) in [6, 6.07) is 8.19. The average Bonchev–Trinajstić information content (AvgIpc) is 2.29. The molecule has 0 aliphatic carbocycles. The van der Waals surface area contributed by atoms with Crippen LogP contribution in [0.4, 0.5) is 0 Å². The van der Waals surface area contributed by atoms with Crippen LogP contribution in [0.15, 0.2) is 29.2 Å². The summed E-state index contributed by atoms with van der Waals surface area (Å²) >= 11 is 1.72. The summed E-state index contributed by atoms with van der Waals surface area (Å²) < 4.78 is 0. The molecule has 0 saturated heterocycles. The molecule has 0 aliphatic heterocycles. The lowest BCUT2D eigenvalue weighted by atomic mass is 10.0. The second-order valence-electron chi connectivity index (χ2n) is 3.79. The van der Waals surface area contributed by atoms with Crippen LogP contribution in [0.3, 0.4) is 0 Å². The molecule has 0 spiro atoms. The lowest BCUT2D eigenvalue weighted by molar-refractivity contribution is 0.163. The Morgan fingerprint density at radius 2 is 2.13 bits per heavy atom. The Labute approximate surface area is 96.9 Å². The number of aliphatic hydroxyl groups is 1. The third kappa shape index (κ3) is 4.27. The number of rotatable bonds is 6. The van der Waals surface area contributed by atoms with Crippen molar-refractivity contribution in [2.75, 3.05) is 6.26 Å². The first-order valence-corrected chi connectivity index (χ1v) is 6.82. The Balaban J connectivity index is 2.52. The van der Waals surface area contributed by atoms with E-state index in [1.54, 1.807) is 11.8 Å². The average molecular weight is 224 g/mol. The summed E-state index contributed by atoms with van der Waals surface area (Å²) in [4.78, 5) is 1.22. The van der Waals surface area contributed by atoms with Gasteiger partial charge in [-0.3, -0.25) is 0 Å². The van der Waals surface area contributed by atoms with Crippen LogP contribution in [0.25, 0.3) is 0 Å². The molecule has 1 unspecified atom stereocenters. The van der Waals surface area contributed by atoms with Crippen LogP contribution in [0.5, 0.6) is 0 Å². The number of hydrogen-bond donors (Lipinski definition) is 1. The fourth-order valence-corrected chi connectivity index (χ4v) is 2.07. The molecule has 84 valence electrons. The van der Waals surface area contributed by atoms with E-state index in [2.05, 4.69) is 25.3 Å². The molecule has 0 bridgehead atoms. The molecule has 0 radical (unpaired) electrons. The first-order valence-electron chi connectivity index (χ1n) is 5.60. The monoisotopic (exact) mass is 224 g/mol. The zero-order valence-electron chi connectivity index (χ0n) is 9.57. The fraction of sp³-hybridized carbons (Fsp3) is 0.538. The van der Waals surface area contributed by atoms with E-state index in [1.807, 2.05) is 12.1 Å². The van der Waals surface area contributed by atoms with Crippen molar-refractivity contribution in [1.82, 2.24) is 0 Å². The van der Waals surface area contributed by atoms with Crippen LogP contribution in [0.1, 0.15) is 44.3 Å². The van der Waals surface area contributed by atoms with Gasteiger partial charge in [0.2, 0.25) is 0 Å². The first-order chi connectivity index (χ1) is 7.27. The van der Waals surface area contributed by atoms with Crippen LogP contribution in [0, 0.1) is 0 Å². The van der Waals surface area contributed by atoms with Crippen LogP contribution in [-0.2, 0) is 0 Å². The van der Waals surface area contributed by atoms with Gasteiger partial charge in [-0.15, -0.1) is 11.8 Å². The number of benzene rings is 1. The third-order valence-corrected chi connectivity index (χ3v) is 3.29. The maximum absolute atomic E-state index is 9.96. The van der Waals surface area contributed by atoms with Crippen LogP contribution < -0.4 is 0 Å². The molecule has 0 fully saturated rings. The van der Waals surface area contributed by atoms with Crippen molar-refractivity contribution in [3.8, 4) is 0 Å². The second-order valence-corrected chi connectivity index (χ2v) is 4.67. The molecular formula is C13H20OS. The Hall–Kier alpha value is -0.470. The van der Waals surface area contributed by atoms with Gasteiger partial charge in [-0.05, 0) is 30.4 Å². The van der Waals surface area contributed by atoms with E-state index in [0.29, 0.717) is 0 Å². The minimum absolute atomic E-state index is 0.288. The Morgan fingerprint density at radius 3 is 2.80 bits per heavy atom. The van der Waals surface area contributed by atoms with Crippen LogP contribution in [0.2, 0.25) is 0 Å². The summed E-state index contributed by atoms with van der Waals surface area (Å²) in [5, 5.41) is 9.96. The second kappa shape index (κ2) is 6.91. The van der Waals surface area contributed by atoms with Crippen molar-refractivity contribution in [2.24, 2.45) is 0 Å². The van der Waals surface area contributed by atoms with Crippen molar-refractivity contribution in [3.05, 3.63) is 29.8 Å². The number of unbranched alkanes of at least 4 members (excludes halogenated alkanes) is 2. The normalized spacial score (nSPS) is 12.7. The lowest BCUT2D eigenvalue weighted by Crippen LogP contribution is -1.97. The SMILES string of the molecule is CCCCCC(O)c1cccc(SC)c1. The molecule has 1 rings (SSSR count). The standard InChI is InChI=1S/C13H20OS/c1-3-4-5-9-13(14)11-7-6-8-12(10-11)15-2/h6-8,10,13-14H,3-5,9H2,1-2H3. The van der Waals surface area contributed by atoms with Gasteiger partial charge >= 0.3 is 0 Å². The summed E-state index contributed by atoms with van der Waals surface area (Å²) in [6.45, 7) is 2.18. The van der Waals surface area contributed by atoms with Crippen molar-refractivity contribution in [2.45, 2.75) is 43.6 Å². The molecule has 1 N–H and O–H groups in total. The number of thioether (sulfide) groups is 1. The van der Waals surface area contributed by atoms with Crippen molar-refractivity contribution < 1.29 is 5.11 Å². The molecule has 0 amide bonds. The van der Waals surface area contributed by atoms with Gasteiger partial charge in [0.05, 0.1) is 6.10 Å². The first kappa shape index (κ1) is 12.6. The van der Waals surface area contributed by atoms with Crippen molar-refractivity contribution in [1.29, 1.82) is 0 Å². The van der Waals surface area contributed by atoms with E-state index in [9.17, 15) is 5.11 Å². The molecule has 0 saturated carbocycles. The number of aliphatic hydroxyl groups excluding tert-OH is 1. The van der Waals surface area contributed by atoms with Crippen molar-refractivity contribution in [3.63, 3.8) is 0 Å². The highest BCUT2D eigenvalue weighted by molar-refractivity contribution is 7.98. The Bertz CT molecular complexity index is 286. The van der Waals surface area contributed by atoms with Gasteiger partial charge in [-0.25, -0.2) is 0 Å².